The lowest BCUT2D eigenvalue weighted by Crippen LogP contribution is -2.32. The maximum Gasteiger partial charge on any atom is 0.255 e. The zero-order valence-corrected chi connectivity index (χ0v) is 17.4. The molecule has 1 N–H and O–H groups in total. The highest BCUT2D eigenvalue weighted by Crippen LogP contribution is 2.31. The first-order valence-corrected chi connectivity index (χ1v) is 10.2. The number of nitrogens with zero attached hydrogens (tertiary/aromatic N) is 3. The topological polar surface area (TPSA) is 59.3 Å². The highest BCUT2D eigenvalue weighted by molar-refractivity contribution is 9.10. The fourth-order valence-electron chi connectivity index (χ4n) is 3.95. The normalized spacial score (nSPS) is 16.6. The van der Waals surface area contributed by atoms with Gasteiger partial charge in [0.1, 0.15) is 0 Å². The standard InChI is InChI=1S/C21H23BrN4O/c1-12(2)19-16(11-23-20-18(22)13(3)25-26(19)20)21(27)24-17-10-6-8-14-7-4-5-9-15(14)17/h4-5,7,9,11-12,17H,6,8,10H2,1-3H3,(H,24,27). The molecule has 1 amide bonds. The molecule has 0 saturated carbocycles. The van der Waals surface area contributed by atoms with E-state index in [1.165, 1.54) is 11.1 Å². The van der Waals surface area contributed by atoms with Gasteiger partial charge in [-0.15, -0.1) is 0 Å². The molecule has 27 heavy (non-hydrogen) atoms. The Morgan fingerprint density at radius 1 is 1.33 bits per heavy atom. The Labute approximate surface area is 167 Å². The number of aromatic nitrogens is 3. The summed E-state index contributed by atoms with van der Waals surface area (Å²) in [5.41, 5.74) is 5.65. The van der Waals surface area contributed by atoms with Gasteiger partial charge >= 0.3 is 0 Å². The van der Waals surface area contributed by atoms with Crippen molar-refractivity contribution in [2.24, 2.45) is 0 Å². The van der Waals surface area contributed by atoms with Crippen molar-refractivity contribution >= 4 is 27.5 Å². The minimum absolute atomic E-state index is 0.0456. The molecule has 4 rings (SSSR count). The molecule has 0 radical (unpaired) electrons. The molecule has 0 fully saturated rings. The van der Waals surface area contributed by atoms with Crippen molar-refractivity contribution in [3.05, 3.63) is 63.0 Å². The number of fused-ring (bicyclic) bond motifs is 2. The third kappa shape index (κ3) is 3.16. The second-order valence-electron chi connectivity index (χ2n) is 7.46. The Morgan fingerprint density at radius 2 is 2.11 bits per heavy atom. The monoisotopic (exact) mass is 426 g/mol. The van der Waals surface area contributed by atoms with Crippen molar-refractivity contribution in [2.45, 2.75) is 52.0 Å². The van der Waals surface area contributed by atoms with E-state index in [1.54, 1.807) is 10.7 Å². The Morgan fingerprint density at radius 3 is 2.89 bits per heavy atom. The number of halogens is 1. The number of carbonyl (C=O) groups excluding carboxylic acids is 1. The number of benzene rings is 1. The third-order valence-corrected chi connectivity index (χ3v) is 6.18. The minimum Gasteiger partial charge on any atom is -0.345 e. The molecule has 1 unspecified atom stereocenters. The number of aryl methyl sites for hydroxylation is 2. The van der Waals surface area contributed by atoms with Crippen LogP contribution in [0.2, 0.25) is 0 Å². The zero-order valence-electron chi connectivity index (χ0n) is 15.8. The summed E-state index contributed by atoms with van der Waals surface area (Å²) in [6, 6.07) is 8.43. The molecule has 6 heteroatoms. The first kappa shape index (κ1) is 18.2. The lowest BCUT2D eigenvalue weighted by Gasteiger charge is -2.27. The number of hydrogen-bond donors (Lipinski definition) is 1. The van der Waals surface area contributed by atoms with Crippen molar-refractivity contribution in [1.82, 2.24) is 19.9 Å². The summed E-state index contributed by atoms with van der Waals surface area (Å²) in [7, 11) is 0. The third-order valence-electron chi connectivity index (χ3n) is 5.25. The van der Waals surface area contributed by atoms with Crippen molar-refractivity contribution in [2.75, 3.05) is 0 Å². The molecule has 1 aliphatic rings. The second kappa shape index (κ2) is 7.08. The number of rotatable bonds is 3. The van der Waals surface area contributed by atoms with Gasteiger partial charge in [0.25, 0.3) is 5.91 Å². The predicted octanol–water partition coefficient (Wildman–Crippen LogP) is 4.73. The molecule has 140 valence electrons. The van der Waals surface area contributed by atoms with Crippen LogP contribution in [0.4, 0.5) is 0 Å². The van der Waals surface area contributed by atoms with Crippen LogP contribution < -0.4 is 5.32 Å². The molecule has 0 spiro atoms. The minimum atomic E-state index is -0.0842. The van der Waals surface area contributed by atoms with Gasteiger partial charge in [0.05, 0.1) is 27.5 Å². The molecule has 0 bridgehead atoms. The molecule has 1 atom stereocenters. The van der Waals surface area contributed by atoms with Crippen molar-refractivity contribution in [3.8, 4) is 0 Å². The van der Waals surface area contributed by atoms with Gasteiger partial charge in [-0.2, -0.15) is 5.10 Å². The zero-order chi connectivity index (χ0) is 19.1. The maximum atomic E-state index is 13.2. The van der Waals surface area contributed by atoms with Crippen molar-refractivity contribution < 1.29 is 4.79 Å². The molecule has 1 aliphatic carbocycles. The second-order valence-corrected chi connectivity index (χ2v) is 8.26. The van der Waals surface area contributed by atoms with E-state index in [4.69, 9.17) is 0 Å². The number of nitrogens with one attached hydrogen (secondary N) is 1. The molecule has 1 aromatic carbocycles. The summed E-state index contributed by atoms with van der Waals surface area (Å²) < 4.78 is 2.67. The maximum absolute atomic E-state index is 13.2. The predicted molar refractivity (Wildman–Crippen MR) is 109 cm³/mol. The van der Waals surface area contributed by atoms with Gasteiger partial charge in [0, 0.05) is 6.20 Å². The van der Waals surface area contributed by atoms with Gasteiger partial charge in [-0.3, -0.25) is 4.79 Å². The van der Waals surface area contributed by atoms with Crippen LogP contribution in [0, 0.1) is 6.92 Å². The van der Waals surface area contributed by atoms with Crippen LogP contribution in [0.1, 0.15) is 71.5 Å². The molecule has 0 aliphatic heterocycles. The van der Waals surface area contributed by atoms with Crippen LogP contribution in [-0.2, 0) is 6.42 Å². The molecule has 5 nitrogen and oxygen atoms in total. The summed E-state index contributed by atoms with van der Waals surface area (Å²) in [6.45, 7) is 6.08. The lowest BCUT2D eigenvalue weighted by atomic mass is 9.87. The average molecular weight is 427 g/mol. The van der Waals surface area contributed by atoms with Crippen LogP contribution in [0.15, 0.2) is 34.9 Å². The summed E-state index contributed by atoms with van der Waals surface area (Å²) in [5.74, 6) is 0.0557. The Bertz CT molecular complexity index is 1020. The fraction of sp³-hybridized carbons (Fsp3) is 0.381. The van der Waals surface area contributed by atoms with E-state index in [2.05, 4.69) is 63.4 Å². The van der Waals surface area contributed by atoms with E-state index in [0.717, 1.165) is 40.8 Å². The van der Waals surface area contributed by atoms with Crippen LogP contribution >= 0.6 is 15.9 Å². The highest BCUT2D eigenvalue weighted by atomic mass is 79.9. The number of hydrogen-bond acceptors (Lipinski definition) is 3. The lowest BCUT2D eigenvalue weighted by molar-refractivity contribution is 0.0930. The average Bonchev–Trinajstić information content (AvgIpc) is 2.95. The molecular formula is C21H23BrN4O. The van der Waals surface area contributed by atoms with E-state index in [1.807, 2.05) is 13.0 Å². The van der Waals surface area contributed by atoms with E-state index < -0.39 is 0 Å². The quantitative estimate of drug-likeness (QED) is 0.658. The van der Waals surface area contributed by atoms with Gasteiger partial charge in [-0.05, 0) is 59.2 Å². The summed E-state index contributed by atoms with van der Waals surface area (Å²) >= 11 is 3.55. The first-order valence-electron chi connectivity index (χ1n) is 9.39. The number of amides is 1. The largest absolute Gasteiger partial charge is 0.345 e. The Hall–Kier alpha value is -2.21. The Kier molecular flexibility index (Phi) is 4.76. The van der Waals surface area contributed by atoms with Gasteiger partial charge in [-0.1, -0.05) is 38.1 Å². The van der Waals surface area contributed by atoms with E-state index in [-0.39, 0.29) is 17.9 Å². The van der Waals surface area contributed by atoms with Crippen LogP contribution in [0.3, 0.4) is 0 Å². The first-order chi connectivity index (χ1) is 13.0. The van der Waals surface area contributed by atoms with E-state index in [9.17, 15) is 4.79 Å². The SMILES string of the molecule is Cc1nn2c(C(C)C)c(C(=O)NC3CCCc4ccccc43)cnc2c1Br. The summed E-state index contributed by atoms with van der Waals surface area (Å²) in [5, 5.41) is 7.83. The Balaban J connectivity index is 1.73. The van der Waals surface area contributed by atoms with Crippen LogP contribution in [0.5, 0.6) is 0 Å². The van der Waals surface area contributed by atoms with Crippen molar-refractivity contribution in [1.29, 1.82) is 0 Å². The molecule has 2 aromatic heterocycles. The fourth-order valence-corrected chi connectivity index (χ4v) is 4.30. The van der Waals surface area contributed by atoms with Gasteiger partial charge in [0.2, 0.25) is 0 Å². The highest BCUT2D eigenvalue weighted by Gasteiger charge is 2.25. The van der Waals surface area contributed by atoms with Crippen LogP contribution in [-0.4, -0.2) is 20.5 Å². The smallest absolute Gasteiger partial charge is 0.255 e. The molecule has 2 heterocycles. The summed E-state index contributed by atoms with van der Waals surface area (Å²) in [4.78, 5) is 17.7. The van der Waals surface area contributed by atoms with E-state index >= 15 is 0 Å². The molecular weight excluding hydrogens is 404 g/mol. The van der Waals surface area contributed by atoms with Crippen molar-refractivity contribution in [3.63, 3.8) is 0 Å². The molecule has 0 saturated heterocycles. The number of carbonyl (C=O) groups is 1. The van der Waals surface area contributed by atoms with Gasteiger partial charge in [-0.25, -0.2) is 9.50 Å². The van der Waals surface area contributed by atoms with E-state index in [0.29, 0.717) is 5.56 Å². The molecule has 3 aromatic rings. The van der Waals surface area contributed by atoms with Gasteiger partial charge < -0.3 is 5.32 Å². The van der Waals surface area contributed by atoms with Gasteiger partial charge in [0.15, 0.2) is 5.65 Å². The van der Waals surface area contributed by atoms with Crippen LogP contribution in [0.25, 0.3) is 5.65 Å². The summed E-state index contributed by atoms with van der Waals surface area (Å²) in [6.07, 6.45) is 4.80.